The molecule has 4 aliphatic rings. The van der Waals surface area contributed by atoms with Crippen LogP contribution in [-0.4, -0.2) is 6.04 Å². The van der Waals surface area contributed by atoms with E-state index in [9.17, 15) is 0 Å². The highest BCUT2D eigenvalue weighted by Gasteiger charge is 2.49. The Morgan fingerprint density at radius 3 is 2.30 bits per heavy atom. The third-order valence-corrected chi connectivity index (χ3v) is 5.92. The van der Waals surface area contributed by atoms with Crippen molar-refractivity contribution in [3.63, 3.8) is 0 Å². The summed E-state index contributed by atoms with van der Waals surface area (Å²) in [6, 6.07) is 4.98. The molecule has 0 atom stereocenters. The summed E-state index contributed by atoms with van der Waals surface area (Å²) in [6.45, 7) is 5.23. The fraction of sp³-hybridized carbons (Fsp3) is 0.778. The third-order valence-electron chi connectivity index (χ3n) is 5.92. The molecule has 0 radical (unpaired) electrons. The summed E-state index contributed by atoms with van der Waals surface area (Å²) < 4.78 is 6.20. The predicted molar refractivity (Wildman–Crippen MR) is 80.5 cm³/mol. The molecule has 1 N–H and O–H groups in total. The minimum atomic E-state index is 0.518. The summed E-state index contributed by atoms with van der Waals surface area (Å²) in [4.78, 5) is 0. The molecule has 0 aliphatic heterocycles. The molecule has 0 spiro atoms. The number of hydrogen-bond donors (Lipinski definition) is 1. The van der Waals surface area contributed by atoms with Crippen molar-refractivity contribution in [3.05, 3.63) is 23.7 Å². The number of nitrogens with one attached hydrogen (secondary N) is 1. The van der Waals surface area contributed by atoms with Crippen molar-refractivity contribution in [2.75, 3.05) is 0 Å². The molecular formula is C18H27NO. The van der Waals surface area contributed by atoms with Crippen molar-refractivity contribution in [2.24, 2.45) is 23.7 Å². The first-order valence-corrected chi connectivity index (χ1v) is 8.51. The van der Waals surface area contributed by atoms with E-state index in [2.05, 4.69) is 31.3 Å². The molecule has 4 saturated carbocycles. The summed E-state index contributed by atoms with van der Waals surface area (Å²) in [5, 5.41) is 3.45. The normalized spacial score (nSPS) is 38.9. The molecular weight excluding hydrogens is 246 g/mol. The standard InChI is InChI=1S/C18H27NO/c1-11(2)19-10-16-3-4-17(20-16)18-14-6-12-5-13(8-14)9-15(18)7-12/h3-4,11-15,18-19H,5-10H2,1-2H3. The zero-order chi connectivity index (χ0) is 13.7. The maximum Gasteiger partial charge on any atom is 0.117 e. The molecule has 4 aliphatic carbocycles. The summed E-state index contributed by atoms with van der Waals surface area (Å²) >= 11 is 0. The zero-order valence-corrected chi connectivity index (χ0v) is 12.8. The lowest BCUT2D eigenvalue weighted by molar-refractivity contribution is -0.00995. The minimum Gasteiger partial charge on any atom is -0.464 e. The smallest absolute Gasteiger partial charge is 0.117 e. The van der Waals surface area contributed by atoms with Gasteiger partial charge in [0.25, 0.3) is 0 Å². The van der Waals surface area contributed by atoms with Gasteiger partial charge in [0.15, 0.2) is 0 Å². The number of hydrogen-bond acceptors (Lipinski definition) is 2. The molecule has 0 saturated heterocycles. The van der Waals surface area contributed by atoms with E-state index in [1.54, 1.807) is 0 Å². The monoisotopic (exact) mass is 273 g/mol. The quantitative estimate of drug-likeness (QED) is 0.884. The maximum atomic E-state index is 6.20. The summed E-state index contributed by atoms with van der Waals surface area (Å²) in [7, 11) is 0. The Morgan fingerprint density at radius 2 is 1.70 bits per heavy atom. The van der Waals surface area contributed by atoms with Crippen molar-refractivity contribution in [2.45, 2.75) is 64.5 Å². The highest BCUT2D eigenvalue weighted by molar-refractivity contribution is 5.17. The molecule has 2 heteroatoms. The first kappa shape index (κ1) is 12.9. The van der Waals surface area contributed by atoms with Crippen LogP contribution in [0.5, 0.6) is 0 Å². The lowest BCUT2D eigenvalue weighted by Gasteiger charge is -2.53. The number of rotatable bonds is 4. The van der Waals surface area contributed by atoms with Crippen molar-refractivity contribution in [3.8, 4) is 0 Å². The molecule has 20 heavy (non-hydrogen) atoms. The molecule has 0 aromatic carbocycles. The topological polar surface area (TPSA) is 25.2 Å². The van der Waals surface area contributed by atoms with E-state index in [4.69, 9.17) is 4.42 Å². The predicted octanol–water partition coefficient (Wildman–Crippen LogP) is 4.32. The van der Waals surface area contributed by atoms with E-state index in [0.717, 1.165) is 41.9 Å². The van der Waals surface area contributed by atoms with Gasteiger partial charge < -0.3 is 9.73 Å². The minimum absolute atomic E-state index is 0.518. The van der Waals surface area contributed by atoms with Gasteiger partial charge in [-0.15, -0.1) is 0 Å². The van der Waals surface area contributed by atoms with Gasteiger partial charge in [-0.1, -0.05) is 13.8 Å². The fourth-order valence-corrected chi connectivity index (χ4v) is 5.36. The van der Waals surface area contributed by atoms with Gasteiger partial charge in [0.1, 0.15) is 11.5 Å². The average Bonchev–Trinajstić information content (AvgIpc) is 2.83. The Balaban J connectivity index is 1.50. The van der Waals surface area contributed by atoms with Gasteiger partial charge in [-0.05, 0) is 67.9 Å². The second-order valence-corrected chi connectivity index (χ2v) is 7.80. The number of furan rings is 1. The van der Waals surface area contributed by atoms with Gasteiger partial charge in [0.05, 0.1) is 6.54 Å². The Labute approximate surface area is 122 Å². The molecule has 1 heterocycles. The third kappa shape index (κ3) is 2.22. The zero-order valence-electron chi connectivity index (χ0n) is 12.8. The molecule has 5 rings (SSSR count). The Bertz CT molecular complexity index is 448. The SMILES string of the molecule is CC(C)NCc1ccc(C2C3CC4CC(C3)CC2C4)o1. The van der Waals surface area contributed by atoms with E-state index in [1.807, 2.05) is 0 Å². The average molecular weight is 273 g/mol. The first-order chi connectivity index (χ1) is 9.69. The van der Waals surface area contributed by atoms with Gasteiger partial charge in [-0.2, -0.15) is 0 Å². The van der Waals surface area contributed by atoms with Gasteiger partial charge in [0, 0.05) is 12.0 Å². The van der Waals surface area contributed by atoms with Crippen LogP contribution >= 0.6 is 0 Å². The Hall–Kier alpha value is -0.760. The summed E-state index contributed by atoms with van der Waals surface area (Å²) in [5.74, 6) is 7.07. The fourth-order valence-electron chi connectivity index (χ4n) is 5.36. The van der Waals surface area contributed by atoms with Crippen molar-refractivity contribution in [1.82, 2.24) is 5.32 Å². The highest BCUT2D eigenvalue weighted by Crippen LogP contribution is 2.59. The molecule has 1 aromatic rings. The second kappa shape index (κ2) is 4.91. The largest absolute Gasteiger partial charge is 0.464 e. The van der Waals surface area contributed by atoms with E-state index in [-0.39, 0.29) is 0 Å². The van der Waals surface area contributed by atoms with Crippen molar-refractivity contribution < 1.29 is 4.42 Å². The maximum absolute atomic E-state index is 6.20. The molecule has 4 fully saturated rings. The molecule has 4 bridgehead atoms. The molecule has 0 unspecified atom stereocenters. The van der Waals surface area contributed by atoms with Gasteiger partial charge >= 0.3 is 0 Å². The van der Waals surface area contributed by atoms with Gasteiger partial charge in [-0.3, -0.25) is 0 Å². The van der Waals surface area contributed by atoms with Crippen LogP contribution in [0.4, 0.5) is 0 Å². The first-order valence-electron chi connectivity index (χ1n) is 8.51. The lowest BCUT2D eigenvalue weighted by atomic mass is 9.51. The van der Waals surface area contributed by atoms with Crippen molar-refractivity contribution >= 4 is 0 Å². The van der Waals surface area contributed by atoms with Crippen LogP contribution in [0.25, 0.3) is 0 Å². The van der Waals surface area contributed by atoms with Gasteiger partial charge in [0.2, 0.25) is 0 Å². The lowest BCUT2D eigenvalue weighted by Crippen LogP contribution is -2.43. The molecule has 0 amide bonds. The van der Waals surface area contributed by atoms with E-state index in [1.165, 1.54) is 37.9 Å². The Kier molecular flexibility index (Phi) is 3.17. The van der Waals surface area contributed by atoms with Crippen LogP contribution in [0.15, 0.2) is 16.5 Å². The molecule has 1 aromatic heterocycles. The van der Waals surface area contributed by atoms with Crippen LogP contribution in [-0.2, 0) is 6.54 Å². The summed E-state index contributed by atoms with van der Waals surface area (Å²) in [6.07, 6.45) is 7.41. The van der Waals surface area contributed by atoms with E-state index < -0.39 is 0 Å². The van der Waals surface area contributed by atoms with Crippen LogP contribution in [0.1, 0.15) is 63.4 Å². The van der Waals surface area contributed by atoms with Crippen LogP contribution in [0, 0.1) is 23.7 Å². The highest BCUT2D eigenvalue weighted by atomic mass is 16.3. The van der Waals surface area contributed by atoms with Crippen LogP contribution < -0.4 is 5.32 Å². The second-order valence-electron chi connectivity index (χ2n) is 7.80. The van der Waals surface area contributed by atoms with Crippen LogP contribution in [0.2, 0.25) is 0 Å². The van der Waals surface area contributed by atoms with Crippen LogP contribution in [0.3, 0.4) is 0 Å². The van der Waals surface area contributed by atoms with E-state index in [0.29, 0.717) is 6.04 Å². The Morgan fingerprint density at radius 1 is 1.05 bits per heavy atom. The van der Waals surface area contributed by atoms with Gasteiger partial charge in [-0.25, -0.2) is 0 Å². The molecule has 2 nitrogen and oxygen atoms in total. The van der Waals surface area contributed by atoms with E-state index >= 15 is 0 Å². The molecule has 110 valence electrons. The van der Waals surface area contributed by atoms with Crippen molar-refractivity contribution in [1.29, 1.82) is 0 Å². The summed E-state index contributed by atoms with van der Waals surface area (Å²) in [5.41, 5.74) is 0.